The van der Waals surface area contributed by atoms with Crippen molar-refractivity contribution in [3.05, 3.63) is 66.4 Å². The Labute approximate surface area is 139 Å². The Morgan fingerprint density at radius 3 is 1.86 bits per heavy atom. The van der Waals surface area contributed by atoms with Gasteiger partial charge in [0.15, 0.2) is 0 Å². The third-order valence-corrected chi connectivity index (χ3v) is 5.93. The van der Waals surface area contributed by atoms with E-state index in [9.17, 15) is 9.90 Å². The van der Waals surface area contributed by atoms with Crippen molar-refractivity contribution < 1.29 is 15.0 Å². The van der Waals surface area contributed by atoms with Gasteiger partial charge >= 0.3 is 94.9 Å². The summed E-state index contributed by atoms with van der Waals surface area (Å²) in [5, 5.41) is 18.0. The molecule has 0 aliphatic rings. The Hall–Kier alpha value is -1.86. The molecule has 2 rings (SSSR count). The first kappa shape index (κ1) is 18.2. The van der Waals surface area contributed by atoms with Crippen molar-refractivity contribution in [3.63, 3.8) is 0 Å². The van der Waals surface area contributed by atoms with Crippen molar-refractivity contribution in [2.75, 3.05) is 13.1 Å². The standard InChI is InChI=1S/2C6H5.C4H7N2O3.Sn/c2*1-2-4-6-5-3-1;5-1-3(7)6-2-4(8)9;/h2*1-5H;5H,1-2H2,(H,6,7)(H,8,9);/q;;-1;+2/p-1. The van der Waals surface area contributed by atoms with Crippen LogP contribution < -0.4 is 12.3 Å². The third kappa shape index (κ3) is 8.43. The van der Waals surface area contributed by atoms with Crippen LogP contribution in [0.5, 0.6) is 0 Å². The van der Waals surface area contributed by atoms with Crippen LogP contribution in [0.4, 0.5) is 0 Å². The predicted octanol–water partition coefficient (Wildman–Crippen LogP) is 0.224. The fourth-order valence-electron chi connectivity index (χ4n) is 1.42. The van der Waals surface area contributed by atoms with Crippen LogP contribution >= 0.6 is 0 Å². The van der Waals surface area contributed by atoms with Crippen LogP contribution in [0.15, 0.2) is 65.7 Å². The molecule has 0 heterocycles. The van der Waals surface area contributed by atoms with E-state index < -0.39 is 46.1 Å². The summed E-state index contributed by atoms with van der Waals surface area (Å²) in [6.45, 7) is -1.01. The van der Waals surface area contributed by atoms with E-state index in [1.165, 1.54) is 7.16 Å². The molecule has 0 aliphatic carbocycles. The zero-order chi connectivity index (χ0) is 16.2. The number of hydrogen-bond acceptors (Lipinski definition) is 3. The molecule has 0 spiro atoms. The maximum atomic E-state index is 10.1. The summed E-state index contributed by atoms with van der Waals surface area (Å²) in [7, 11) is 0. The summed E-state index contributed by atoms with van der Waals surface area (Å²) in [5.41, 5.74) is 6.42. The average Bonchev–Trinajstić information content (AvgIpc) is 2.55. The van der Waals surface area contributed by atoms with Gasteiger partial charge < -0.3 is 15.9 Å². The fourth-order valence-corrected chi connectivity index (χ4v) is 4.42. The Balaban J connectivity index is 0.000000239. The first-order valence-electron chi connectivity index (χ1n) is 6.55. The normalized spacial score (nSPS) is 10.1. The molecule has 0 fully saturated rings. The summed E-state index contributed by atoms with van der Waals surface area (Å²) in [6.07, 6.45) is 0. The first-order chi connectivity index (χ1) is 10.6. The summed E-state index contributed by atoms with van der Waals surface area (Å²) in [6, 6.07) is 21.6. The van der Waals surface area contributed by atoms with Crippen LogP contribution in [0.2, 0.25) is 0 Å². The number of carboxylic acids is 1. The number of rotatable bonds is 5. The number of aliphatic carboxylic acids is 1. The van der Waals surface area contributed by atoms with Gasteiger partial charge in [0.2, 0.25) is 0 Å². The van der Waals surface area contributed by atoms with Crippen LogP contribution in [0.3, 0.4) is 0 Å². The van der Waals surface area contributed by atoms with E-state index in [0.717, 1.165) is 0 Å². The van der Waals surface area contributed by atoms with E-state index in [4.69, 9.17) is 10.8 Å². The molecule has 0 bridgehead atoms. The molecule has 0 saturated carbocycles. The van der Waals surface area contributed by atoms with Gasteiger partial charge in [0.05, 0.1) is 0 Å². The number of benzene rings is 2. The van der Waals surface area contributed by atoms with Crippen LogP contribution in [0.1, 0.15) is 0 Å². The molecule has 0 unspecified atom stereocenters. The molecule has 112 valence electrons. The molecule has 2 aromatic carbocycles. The van der Waals surface area contributed by atoms with Gasteiger partial charge in [0, 0.05) is 0 Å². The molecule has 0 aromatic heterocycles. The Morgan fingerprint density at radius 1 is 1.05 bits per heavy atom. The summed E-state index contributed by atoms with van der Waals surface area (Å²) in [5.74, 6) is -1.85. The molecule has 0 radical (unpaired) electrons. The fraction of sp³-hybridized carbons (Fsp3) is 0.125. The minimum atomic E-state index is -1.16. The molecule has 6 heteroatoms. The number of carboxylic acid groups (broad SMARTS) is 1. The van der Waals surface area contributed by atoms with Gasteiger partial charge in [-0.25, -0.2) is 0 Å². The SMILES string of the molecule is [NH-]CC([O-])=NCC(=O)O.c1cc[c]([Sn+2][c]2ccccc2)cc1. The predicted molar refractivity (Wildman–Crippen MR) is 87.0 cm³/mol. The van der Waals surface area contributed by atoms with Gasteiger partial charge in [0.25, 0.3) is 0 Å². The van der Waals surface area contributed by atoms with Crippen molar-refractivity contribution in [2.24, 2.45) is 4.99 Å². The second kappa shape index (κ2) is 10.8. The third-order valence-electron chi connectivity index (χ3n) is 2.38. The second-order valence-corrected chi connectivity index (χ2v) is 8.15. The van der Waals surface area contributed by atoms with Crippen LogP contribution in [0, 0.1) is 0 Å². The summed E-state index contributed by atoms with van der Waals surface area (Å²) < 4.78 is 3.08. The zero-order valence-electron chi connectivity index (χ0n) is 11.9. The van der Waals surface area contributed by atoms with Gasteiger partial charge in [-0.3, -0.25) is 9.79 Å². The molecule has 0 aliphatic heterocycles. The number of carbonyl (C=O) groups is 1. The molecular weight excluding hydrogens is 387 g/mol. The van der Waals surface area contributed by atoms with E-state index in [0.29, 0.717) is 0 Å². The van der Waals surface area contributed by atoms with Crippen molar-refractivity contribution in [2.45, 2.75) is 0 Å². The molecular formula is C16H16N2O3Sn. The van der Waals surface area contributed by atoms with Gasteiger partial charge in [-0.2, -0.15) is 0 Å². The molecule has 0 saturated heterocycles. The van der Waals surface area contributed by atoms with Crippen molar-refractivity contribution in [1.29, 1.82) is 0 Å². The molecule has 2 N–H and O–H groups in total. The van der Waals surface area contributed by atoms with Crippen LogP contribution in [0.25, 0.3) is 5.73 Å². The molecule has 0 atom stereocenters. The molecule has 22 heavy (non-hydrogen) atoms. The van der Waals surface area contributed by atoms with Crippen molar-refractivity contribution in [3.8, 4) is 0 Å². The summed E-state index contributed by atoms with van der Waals surface area (Å²) >= 11 is -0.517. The van der Waals surface area contributed by atoms with Crippen LogP contribution in [-0.2, 0) is 4.79 Å². The van der Waals surface area contributed by atoms with Gasteiger partial charge in [-0.1, -0.05) is 5.90 Å². The van der Waals surface area contributed by atoms with E-state index >= 15 is 0 Å². The monoisotopic (exact) mass is 404 g/mol. The first-order valence-corrected chi connectivity index (χ1v) is 9.41. The number of aliphatic imine (C=N–C) groups is 1. The Kier molecular flexibility index (Phi) is 8.93. The van der Waals surface area contributed by atoms with Gasteiger partial charge in [-0.05, 0) is 0 Å². The van der Waals surface area contributed by atoms with Crippen LogP contribution in [-0.4, -0.2) is 51.2 Å². The minimum absolute atomic E-state index is 0.479. The number of nitrogens with zero attached hydrogens (tertiary/aromatic N) is 1. The maximum absolute atomic E-state index is 10.1. The quantitative estimate of drug-likeness (QED) is 0.440. The average molecular weight is 403 g/mol. The van der Waals surface area contributed by atoms with E-state index in [1.54, 1.807) is 0 Å². The molecule has 2 aromatic rings. The van der Waals surface area contributed by atoms with Crippen molar-refractivity contribution >= 4 is 40.2 Å². The molecule has 5 nitrogen and oxygen atoms in total. The van der Waals surface area contributed by atoms with Crippen molar-refractivity contribution in [1.82, 2.24) is 0 Å². The van der Waals surface area contributed by atoms with Gasteiger partial charge in [-0.15, -0.1) is 6.54 Å². The van der Waals surface area contributed by atoms with Gasteiger partial charge in [0.1, 0.15) is 6.54 Å². The number of nitrogens with one attached hydrogen (secondary N) is 1. The second-order valence-electron chi connectivity index (χ2n) is 4.14. The number of hydrogen-bond donors (Lipinski definition) is 1. The van der Waals surface area contributed by atoms with E-state index in [2.05, 4.69) is 65.7 Å². The topological polar surface area (TPSA) is 96.5 Å². The molecule has 0 amide bonds. The zero-order valence-corrected chi connectivity index (χ0v) is 14.8. The Bertz CT molecular complexity index is 551. The van der Waals surface area contributed by atoms with E-state index in [1.807, 2.05) is 0 Å². The Morgan fingerprint density at radius 2 is 1.50 bits per heavy atom. The van der Waals surface area contributed by atoms with E-state index in [-0.39, 0.29) is 0 Å². The summed E-state index contributed by atoms with van der Waals surface area (Å²) in [4.78, 5) is 12.7.